The molecule has 1 heterocycles. The minimum atomic E-state index is -0.632. The van der Waals surface area contributed by atoms with E-state index < -0.39 is 23.1 Å². The van der Waals surface area contributed by atoms with Crippen molar-refractivity contribution in [2.24, 2.45) is 0 Å². The minimum Gasteiger partial charge on any atom is -0.360 e. The van der Waals surface area contributed by atoms with Gasteiger partial charge in [0, 0.05) is 29.7 Å². The molecule has 3 aromatic rings. The van der Waals surface area contributed by atoms with Crippen LogP contribution in [0.1, 0.15) is 17.3 Å². The molecule has 2 aromatic carbocycles. The Hall–Kier alpha value is -3.48. The van der Waals surface area contributed by atoms with Gasteiger partial charge in [-0.05, 0) is 30.3 Å². The number of hydrogen-bond acceptors (Lipinski definition) is 3. The summed E-state index contributed by atoms with van der Waals surface area (Å²) in [5.74, 6) is -1.70. The molecule has 0 fully saturated rings. The molecule has 0 bridgehead atoms. The fourth-order valence-corrected chi connectivity index (χ4v) is 2.42. The molecule has 126 valence electrons. The Morgan fingerprint density at radius 2 is 1.84 bits per heavy atom. The number of H-pyrrole nitrogens is 1. The average Bonchev–Trinajstić information content (AvgIpc) is 2.58. The van der Waals surface area contributed by atoms with Crippen LogP contribution in [0.3, 0.4) is 0 Å². The molecule has 1 aromatic heterocycles. The third-order valence-electron chi connectivity index (χ3n) is 3.57. The molecule has 0 aliphatic carbocycles. The van der Waals surface area contributed by atoms with Crippen molar-refractivity contribution in [3.63, 3.8) is 0 Å². The molecule has 0 unspecified atom stereocenters. The summed E-state index contributed by atoms with van der Waals surface area (Å²) in [6, 6.07) is 10.6. The van der Waals surface area contributed by atoms with E-state index in [0.29, 0.717) is 10.9 Å². The summed E-state index contributed by atoms with van der Waals surface area (Å²) in [6.07, 6.45) is 1.33. The Bertz CT molecular complexity index is 1040. The zero-order valence-electron chi connectivity index (χ0n) is 13.2. The van der Waals surface area contributed by atoms with Crippen LogP contribution in [-0.4, -0.2) is 16.8 Å². The molecule has 0 atom stereocenters. The summed E-state index contributed by atoms with van der Waals surface area (Å²) < 4.78 is 13.6. The predicted octanol–water partition coefficient (Wildman–Crippen LogP) is 2.88. The van der Waals surface area contributed by atoms with E-state index in [2.05, 4.69) is 15.6 Å². The number of aromatic amines is 1. The number of aromatic nitrogens is 1. The van der Waals surface area contributed by atoms with Crippen molar-refractivity contribution in [2.45, 2.75) is 6.92 Å². The molecule has 25 heavy (non-hydrogen) atoms. The number of hydrogen-bond donors (Lipinski definition) is 3. The van der Waals surface area contributed by atoms with E-state index in [1.807, 2.05) is 0 Å². The topological polar surface area (TPSA) is 91.1 Å². The first-order chi connectivity index (χ1) is 12.0. The maximum atomic E-state index is 13.6. The second-order valence-corrected chi connectivity index (χ2v) is 5.41. The SMILES string of the molecule is CC(=O)Nc1cc(NC(=O)c2c[nH]c3ccccc3c2=O)ccc1F. The fraction of sp³-hybridized carbons (Fsp3) is 0.0556. The highest BCUT2D eigenvalue weighted by Crippen LogP contribution is 2.20. The maximum absolute atomic E-state index is 13.6. The van der Waals surface area contributed by atoms with E-state index in [-0.39, 0.29) is 16.9 Å². The molecule has 7 heteroatoms. The van der Waals surface area contributed by atoms with Crippen LogP contribution >= 0.6 is 0 Å². The number of benzene rings is 2. The molecule has 0 radical (unpaired) electrons. The largest absolute Gasteiger partial charge is 0.360 e. The lowest BCUT2D eigenvalue weighted by Gasteiger charge is -2.09. The van der Waals surface area contributed by atoms with E-state index in [0.717, 1.165) is 6.07 Å². The molecule has 2 amide bonds. The van der Waals surface area contributed by atoms with Crippen molar-refractivity contribution < 1.29 is 14.0 Å². The van der Waals surface area contributed by atoms with Crippen molar-refractivity contribution >= 4 is 34.1 Å². The Kier molecular flexibility index (Phi) is 4.30. The van der Waals surface area contributed by atoms with E-state index in [4.69, 9.17) is 0 Å². The van der Waals surface area contributed by atoms with Gasteiger partial charge in [0.15, 0.2) is 0 Å². The first-order valence-electron chi connectivity index (χ1n) is 7.44. The predicted molar refractivity (Wildman–Crippen MR) is 93.2 cm³/mol. The van der Waals surface area contributed by atoms with Crippen molar-refractivity contribution in [3.8, 4) is 0 Å². The Morgan fingerprint density at radius 1 is 1.08 bits per heavy atom. The number of anilines is 2. The van der Waals surface area contributed by atoms with Gasteiger partial charge < -0.3 is 15.6 Å². The van der Waals surface area contributed by atoms with E-state index in [1.165, 1.54) is 25.3 Å². The van der Waals surface area contributed by atoms with Crippen molar-refractivity contribution in [2.75, 3.05) is 10.6 Å². The van der Waals surface area contributed by atoms with E-state index in [9.17, 15) is 18.8 Å². The molecule has 3 rings (SSSR count). The summed E-state index contributed by atoms with van der Waals surface area (Å²) in [7, 11) is 0. The molecule has 0 aliphatic rings. The third kappa shape index (κ3) is 3.40. The molecule has 3 N–H and O–H groups in total. The quantitative estimate of drug-likeness (QED) is 0.685. The number of pyridine rings is 1. The number of halogens is 1. The van der Waals surface area contributed by atoms with E-state index in [1.54, 1.807) is 24.3 Å². The summed E-state index contributed by atoms with van der Waals surface area (Å²) in [6.45, 7) is 1.25. The summed E-state index contributed by atoms with van der Waals surface area (Å²) in [5, 5.41) is 5.25. The lowest BCUT2D eigenvalue weighted by atomic mass is 10.1. The molecule has 0 saturated carbocycles. The van der Waals surface area contributed by atoms with Crippen LogP contribution in [0.4, 0.5) is 15.8 Å². The highest BCUT2D eigenvalue weighted by Gasteiger charge is 2.14. The number of carbonyl (C=O) groups is 2. The standard InChI is InChI=1S/C18H14FN3O3/c1-10(23)21-16-8-11(6-7-14(16)19)22-18(25)13-9-20-15-5-3-2-4-12(15)17(13)24/h2-9H,1H3,(H,20,24)(H,21,23)(H,22,25). The number of fused-ring (bicyclic) bond motifs is 1. The molecule has 0 spiro atoms. The minimum absolute atomic E-state index is 0.0577. The first kappa shape index (κ1) is 16.4. The second-order valence-electron chi connectivity index (χ2n) is 5.41. The van der Waals surface area contributed by atoms with Gasteiger partial charge in [0.05, 0.1) is 5.69 Å². The van der Waals surface area contributed by atoms with Gasteiger partial charge in [0.25, 0.3) is 5.91 Å². The Morgan fingerprint density at radius 3 is 2.60 bits per heavy atom. The summed E-state index contributed by atoms with van der Waals surface area (Å²) >= 11 is 0. The van der Waals surface area contributed by atoms with Gasteiger partial charge in [-0.3, -0.25) is 14.4 Å². The van der Waals surface area contributed by atoms with Gasteiger partial charge in [0.2, 0.25) is 11.3 Å². The van der Waals surface area contributed by atoms with Crippen LogP contribution in [0.15, 0.2) is 53.5 Å². The zero-order chi connectivity index (χ0) is 18.0. The first-order valence-corrected chi connectivity index (χ1v) is 7.44. The molecule has 6 nitrogen and oxygen atoms in total. The molecule has 0 saturated heterocycles. The number of para-hydroxylation sites is 1. The number of nitrogens with one attached hydrogen (secondary N) is 3. The highest BCUT2D eigenvalue weighted by atomic mass is 19.1. The van der Waals surface area contributed by atoms with Gasteiger partial charge >= 0.3 is 0 Å². The number of rotatable bonds is 3. The molecular formula is C18H14FN3O3. The van der Waals surface area contributed by atoms with Crippen LogP contribution in [0, 0.1) is 5.82 Å². The van der Waals surface area contributed by atoms with Crippen molar-refractivity contribution in [1.82, 2.24) is 4.98 Å². The molecule has 0 aliphatic heterocycles. The van der Waals surface area contributed by atoms with Gasteiger partial charge in [-0.15, -0.1) is 0 Å². The highest BCUT2D eigenvalue weighted by molar-refractivity contribution is 6.06. The normalized spacial score (nSPS) is 10.5. The lowest BCUT2D eigenvalue weighted by Crippen LogP contribution is -2.22. The van der Waals surface area contributed by atoms with Crippen LogP contribution < -0.4 is 16.1 Å². The zero-order valence-corrected chi connectivity index (χ0v) is 13.2. The molecular weight excluding hydrogens is 325 g/mol. The lowest BCUT2D eigenvalue weighted by molar-refractivity contribution is -0.114. The summed E-state index contributed by atoms with van der Waals surface area (Å²) in [4.78, 5) is 38.8. The fourth-order valence-electron chi connectivity index (χ4n) is 2.42. The maximum Gasteiger partial charge on any atom is 0.261 e. The monoisotopic (exact) mass is 339 g/mol. The average molecular weight is 339 g/mol. The van der Waals surface area contributed by atoms with Crippen molar-refractivity contribution in [3.05, 3.63) is 70.3 Å². The van der Waals surface area contributed by atoms with Gasteiger partial charge in [-0.2, -0.15) is 0 Å². The third-order valence-corrected chi connectivity index (χ3v) is 3.57. The number of carbonyl (C=O) groups excluding carboxylic acids is 2. The Labute approximate surface area is 141 Å². The Balaban J connectivity index is 1.91. The van der Waals surface area contributed by atoms with Gasteiger partial charge in [-0.1, -0.05) is 12.1 Å². The van der Waals surface area contributed by atoms with Crippen LogP contribution in [0.25, 0.3) is 10.9 Å². The van der Waals surface area contributed by atoms with Gasteiger partial charge in [-0.25, -0.2) is 4.39 Å². The van der Waals surface area contributed by atoms with Crippen LogP contribution in [-0.2, 0) is 4.79 Å². The smallest absolute Gasteiger partial charge is 0.261 e. The second kappa shape index (κ2) is 6.56. The van der Waals surface area contributed by atoms with Gasteiger partial charge in [0.1, 0.15) is 11.4 Å². The van der Waals surface area contributed by atoms with E-state index >= 15 is 0 Å². The van der Waals surface area contributed by atoms with Crippen LogP contribution in [0.5, 0.6) is 0 Å². The summed E-state index contributed by atoms with van der Waals surface area (Å²) in [5.41, 5.74) is 0.347. The van der Waals surface area contributed by atoms with Crippen molar-refractivity contribution in [1.29, 1.82) is 0 Å². The van der Waals surface area contributed by atoms with Crippen LogP contribution in [0.2, 0.25) is 0 Å². The number of amides is 2.